The molecule has 7 heteroatoms. The summed E-state index contributed by atoms with van der Waals surface area (Å²) in [5.74, 6) is 0.993. The van der Waals surface area contributed by atoms with Crippen molar-refractivity contribution < 1.29 is 0 Å². The van der Waals surface area contributed by atoms with Gasteiger partial charge in [-0.05, 0) is 0 Å². The minimum Gasteiger partial charge on any atom is -0.324 e. The van der Waals surface area contributed by atoms with E-state index in [-0.39, 0.29) is 5.69 Å². The lowest BCUT2D eigenvalue weighted by molar-refractivity contribution is 1.13. The largest absolute Gasteiger partial charge is 0.324 e. The van der Waals surface area contributed by atoms with Crippen LogP contribution in [0.2, 0.25) is 5.15 Å². The Balaban J connectivity index is 2.18. The van der Waals surface area contributed by atoms with Gasteiger partial charge in [0.2, 0.25) is 0 Å². The molecule has 0 atom stereocenters. The molecule has 78 valence electrons. The van der Waals surface area contributed by atoms with Crippen LogP contribution in [-0.2, 0) is 0 Å². The van der Waals surface area contributed by atoms with Gasteiger partial charge in [-0.3, -0.25) is 0 Å². The lowest BCUT2D eigenvalue weighted by Gasteiger charge is -2.03. The second kappa shape index (κ2) is 4.51. The Kier molecular flexibility index (Phi) is 2.89. The monoisotopic (exact) mass is 232 g/mol. The first-order valence-corrected chi connectivity index (χ1v) is 4.62. The number of halogens is 1. The van der Waals surface area contributed by atoms with Crippen LogP contribution in [-0.4, -0.2) is 19.9 Å². The number of nitrogens with one attached hydrogen (secondary N) is 1. The predicted molar refractivity (Wildman–Crippen MR) is 57.1 cm³/mol. The molecule has 2 aromatic heterocycles. The average molecular weight is 233 g/mol. The van der Waals surface area contributed by atoms with E-state index in [0.29, 0.717) is 16.8 Å². The summed E-state index contributed by atoms with van der Waals surface area (Å²) >= 11 is 5.69. The molecule has 0 amide bonds. The molecule has 0 bridgehead atoms. The van der Waals surface area contributed by atoms with Gasteiger partial charge >= 0.3 is 0 Å². The van der Waals surface area contributed by atoms with Crippen molar-refractivity contribution in [2.45, 2.75) is 0 Å². The zero-order valence-corrected chi connectivity index (χ0v) is 8.68. The van der Waals surface area contributed by atoms with Gasteiger partial charge in [0.15, 0.2) is 5.69 Å². The fourth-order valence-corrected chi connectivity index (χ4v) is 1.13. The first kappa shape index (κ1) is 10.3. The summed E-state index contributed by atoms with van der Waals surface area (Å²) in [6.45, 7) is 0. The van der Waals surface area contributed by atoms with Crippen LogP contribution in [0, 0.1) is 11.3 Å². The van der Waals surface area contributed by atoms with E-state index in [2.05, 4.69) is 25.3 Å². The van der Waals surface area contributed by atoms with Crippen molar-refractivity contribution in [1.29, 1.82) is 5.26 Å². The molecule has 6 nitrogen and oxygen atoms in total. The van der Waals surface area contributed by atoms with Crippen LogP contribution in [0.3, 0.4) is 0 Å². The maximum absolute atomic E-state index is 8.54. The lowest BCUT2D eigenvalue weighted by atomic mass is 10.5. The molecule has 0 spiro atoms. The normalized spacial score (nSPS) is 9.50. The van der Waals surface area contributed by atoms with Crippen LogP contribution in [0.4, 0.5) is 11.6 Å². The van der Waals surface area contributed by atoms with Gasteiger partial charge in [0.25, 0.3) is 0 Å². The SMILES string of the molecule is N#Cc1cnc(Nc2cc(Cl)ncn2)cn1. The standard InChI is InChI=1S/C9H5ClN6/c10-7-1-8(15-5-14-7)16-9-4-12-6(2-11)3-13-9/h1,3-5H,(H,13,14,15,16). The number of rotatable bonds is 2. The van der Waals surface area contributed by atoms with Crippen LogP contribution in [0.15, 0.2) is 24.8 Å². The summed E-state index contributed by atoms with van der Waals surface area (Å²) in [7, 11) is 0. The molecule has 2 aromatic rings. The molecule has 0 aromatic carbocycles. The lowest BCUT2D eigenvalue weighted by Crippen LogP contribution is -1.97. The fraction of sp³-hybridized carbons (Fsp3) is 0. The van der Waals surface area contributed by atoms with E-state index in [1.807, 2.05) is 6.07 Å². The highest BCUT2D eigenvalue weighted by Crippen LogP contribution is 2.13. The van der Waals surface area contributed by atoms with Gasteiger partial charge in [-0.15, -0.1) is 0 Å². The highest BCUT2D eigenvalue weighted by Gasteiger charge is 1.99. The third-order valence-electron chi connectivity index (χ3n) is 1.66. The van der Waals surface area contributed by atoms with Gasteiger partial charge in [0, 0.05) is 6.07 Å². The summed E-state index contributed by atoms with van der Waals surface area (Å²) in [6, 6.07) is 3.44. The van der Waals surface area contributed by atoms with Crippen molar-refractivity contribution in [1.82, 2.24) is 19.9 Å². The number of nitriles is 1. The molecular formula is C9H5ClN6. The van der Waals surface area contributed by atoms with Crippen molar-refractivity contribution in [2.75, 3.05) is 5.32 Å². The van der Waals surface area contributed by atoms with Crippen LogP contribution >= 0.6 is 11.6 Å². The van der Waals surface area contributed by atoms with E-state index < -0.39 is 0 Å². The molecular weight excluding hydrogens is 228 g/mol. The van der Waals surface area contributed by atoms with E-state index >= 15 is 0 Å². The fourth-order valence-electron chi connectivity index (χ4n) is 0.983. The van der Waals surface area contributed by atoms with Gasteiger partial charge in [-0.25, -0.2) is 19.9 Å². The van der Waals surface area contributed by atoms with Crippen molar-refractivity contribution in [2.24, 2.45) is 0 Å². The predicted octanol–water partition coefficient (Wildman–Crippen LogP) is 1.54. The van der Waals surface area contributed by atoms with E-state index in [0.717, 1.165) is 0 Å². The number of anilines is 2. The molecule has 0 fully saturated rings. The zero-order valence-electron chi connectivity index (χ0n) is 7.92. The molecule has 0 saturated heterocycles. The Labute approximate surface area is 96.0 Å². The van der Waals surface area contributed by atoms with E-state index in [4.69, 9.17) is 16.9 Å². The molecule has 0 radical (unpaired) electrons. The summed E-state index contributed by atoms with van der Waals surface area (Å²) < 4.78 is 0. The van der Waals surface area contributed by atoms with Crippen molar-refractivity contribution in [3.8, 4) is 6.07 Å². The molecule has 0 aliphatic rings. The van der Waals surface area contributed by atoms with Gasteiger partial charge in [0.05, 0.1) is 12.4 Å². The first-order valence-electron chi connectivity index (χ1n) is 4.24. The highest BCUT2D eigenvalue weighted by atomic mass is 35.5. The molecule has 0 aliphatic heterocycles. The van der Waals surface area contributed by atoms with Gasteiger partial charge < -0.3 is 5.32 Å². The quantitative estimate of drug-likeness (QED) is 0.790. The minimum atomic E-state index is 0.256. The van der Waals surface area contributed by atoms with Crippen molar-refractivity contribution >= 4 is 23.2 Å². The molecule has 2 rings (SSSR count). The van der Waals surface area contributed by atoms with E-state index in [1.54, 1.807) is 6.07 Å². The Morgan fingerprint density at radius 1 is 1.12 bits per heavy atom. The minimum absolute atomic E-state index is 0.256. The number of nitrogens with zero attached hydrogens (tertiary/aromatic N) is 5. The maximum Gasteiger partial charge on any atom is 0.158 e. The summed E-state index contributed by atoms with van der Waals surface area (Å²) in [5, 5.41) is 11.8. The number of aromatic nitrogens is 4. The molecule has 0 aliphatic carbocycles. The van der Waals surface area contributed by atoms with Crippen molar-refractivity contribution in [3.05, 3.63) is 35.6 Å². The number of hydrogen-bond acceptors (Lipinski definition) is 6. The van der Waals surface area contributed by atoms with Crippen LogP contribution in [0.1, 0.15) is 5.69 Å². The van der Waals surface area contributed by atoms with Crippen LogP contribution in [0.25, 0.3) is 0 Å². The topological polar surface area (TPSA) is 87.4 Å². The molecule has 16 heavy (non-hydrogen) atoms. The molecule has 0 saturated carbocycles. The summed E-state index contributed by atoms with van der Waals surface area (Å²) in [6.07, 6.45) is 4.14. The van der Waals surface area contributed by atoms with E-state index in [1.165, 1.54) is 18.7 Å². The zero-order chi connectivity index (χ0) is 11.4. The van der Waals surface area contributed by atoms with Crippen molar-refractivity contribution in [3.63, 3.8) is 0 Å². The average Bonchev–Trinajstić information content (AvgIpc) is 2.30. The Morgan fingerprint density at radius 2 is 2.00 bits per heavy atom. The summed E-state index contributed by atoms with van der Waals surface area (Å²) in [5.41, 5.74) is 0.256. The number of hydrogen-bond donors (Lipinski definition) is 1. The van der Waals surface area contributed by atoms with Gasteiger partial charge in [0.1, 0.15) is 29.2 Å². The Bertz CT molecular complexity index is 532. The van der Waals surface area contributed by atoms with Gasteiger partial charge in [-0.2, -0.15) is 5.26 Å². The second-order valence-electron chi connectivity index (χ2n) is 2.75. The second-order valence-corrected chi connectivity index (χ2v) is 3.14. The Hall–Kier alpha value is -2.26. The van der Waals surface area contributed by atoms with E-state index in [9.17, 15) is 0 Å². The third-order valence-corrected chi connectivity index (χ3v) is 1.86. The summed E-state index contributed by atoms with van der Waals surface area (Å²) in [4.78, 5) is 15.5. The molecule has 0 unspecified atom stereocenters. The third kappa shape index (κ3) is 2.40. The van der Waals surface area contributed by atoms with Crippen LogP contribution < -0.4 is 5.32 Å². The van der Waals surface area contributed by atoms with Crippen LogP contribution in [0.5, 0.6) is 0 Å². The maximum atomic E-state index is 8.54. The molecule has 2 heterocycles. The highest BCUT2D eigenvalue weighted by molar-refractivity contribution is 6.29. The smallest absolute Gasteiger partial charge is 0.158 e. The Morgan fingerprint density at radius 3 is 2.62 bits per heavy atom. The molecule has 1 N–H and O–H groups in total. The first-order chi connectivity index (χ1) is 7.78. The van der Waals surface area contributed by atoms with Gasteiger partial charge in [-0.1, -0.05) is 11.6 Å².